The largest absolute Gasteiger partial charge is 0.342 e. The first kappa shape index (κ1) is 17.6. The van der Waals surface area contributed by atoms with E-state index in [0.29, 0.717) is 19.0 Å². The number of aromatic nitrogens is 1. The van der Waals surface area contributed by atoms with Gasteiger partial charge in [-0.05, 0) is 56.5 Å². The molecule has 2 saturated heterocycles. The third-order valence-electron chi connectivity index (χ3n) is 5.86. The molecule has 2 amide bonds. The van der Waals surface area contributed by atoms with Crippen molar-refractivity contribution in [3.05, 3.63) is 23.2 Å². The van der Waals surface area contributed by atoms with Crippen LogP contribution >= 0.6 is 11.3 Å². The first-order valence-electron chi connectivity index (χ1n) is 9.84. The number of carbonyl (C=O) groups excluding carboxylic acids is 2. The summed E-state index contributed by atoms with van der Waals surface area (Å²) in [5, 5.41) is 2.07. The summed E-state index contributed by atoms with van der Waals surface area (Å²) in [5.41, 5.74) is 1.94. The number of nitrogens with zero attached hydrogens (tertiary/aromatic N) is 3. The van der Waals surface area contributed by atoms with E-state index in [1.54, 1.807) is 11.3 Å². The molecule has 2 aliphatic rings. The highest BCUT2D eigenvalue weighted by Crippen LogP contribution is 2.28. The lowest BCUT2D eigenvalue weighted by Gasteiger charge is -2.35. The zero-order chi connectivity index (χ0) is 18.1. The van der Waals surface area contributed by atoms with E-state index in [4.69, 9.17) is 0 Å². The SMILES string of the molecule is CCn1c(C(=O)N2CCC(C(=O)N3CCCCC3)CC2)cc2sccc21. The van der Waals surface area contributed by atoms with Crippen LogP contribution in [0.5, 0.6) is 0 Å². The van der Waals surface area contributed by atoms with Gasteiger partial charge in [0, 0.05) is 38.6 Å². The molecule has 26 heavy (non-hydrogen) atoms. The van der Waals surface area contributed by atoms with Crippen LogP contribution < -0.4 is 0 Å². The van der Waals surface area contributed by atoms with Crippen LogP contribution in [0.2, 0.25) is 0 Å². The fourth-order valence-corrected chi connectivity index (χ4v) is 5.18. The summed E-state index contributed by atoms with van der Waals surface area (Å²) in [6, 6.07) is 4.11. The van der Waals surface area contributed by atoms with Gasteiger partial charge >= 0.3 is 0 Å². The summed E-state index contributed by atoms with van der Waals surface area (Å²) in [4.78, 5) is 29.7. The number of hydrogen-bond donors (Lipinski definition) is 0. The molecule has 0 spiro atoms. The van der Waals surface area contributed by atoms with E-state index in [2.05, 4.69) is 22.9 Å². The summed E-state index contributed by atoms with van der Waals surface area (Å²) < 4.78 is 3.28. The Balaban J connectivity index is 1.41. The van der Waals surface area contributed by atoms with Crippen LogP contribution in [-0.2, 0) is 11.3 Å². The van der Waals surface area contributed by atoms with E-state index >= 15 is 0 Å². The lowest BCUT2D eigenvalue weighted by Crippen LogP contribution is -2.46. The Hall–Kier alpha value is -1.82. The number of fused-ring (bicyclic) bond motifs is 1. The Labute approximate surface area is 158 Å². The molecule has 2 aliphatic heterocycles. The summed E-state index contributed by atoms with van der Waals surface area (Å²) in [7, 11) is 0. The number of thiophene rings is 1. The van der Waals surface area contributed by atoms with E-state index in [-0.39, 0.29) is 11.8 Å². The normalized spacial score (nSPS) is 19.3. The van der Waals surface area contributed by atoms with E-state index in [1.807, 2.05) is 15.9 Å². The average molecular weight is 374 g/mol. The second-order valence-corrected chi connectivity index (χ2v) is 8.34. The van der Waals surface area contributed by atoms with Crippen LogP contribution in [-0.4, -0.2) is 52.4 Å². The molecule has 0 radical (unpaired) electrons. The van der Waals surface area contributed by atoms with Crippen LogP contribution in [0.25, 0.3) is 10.2 Å². The lowest BCUT2D eigenvalue weighted by atomic mass is 9.94. The second-order valence-electron chi connectivity index (χ2n) is 7.40. The standard InChI is InChI=1S/C20H27N3O2S/c1-2-23-16-8-13-26-18(16)14-17(23)20(25)22-11-6-15(7-12-22)19(24)21-9-4-3-5-10-21/h8,13-15H,2-7,9-12H2,1H3. The Morgan fingerprint density at radius 2 is 1.81 bits per heavy atom. The van der Waals surface area contributed by atoms with Crippen molar-refractivity contribution in [2.75, 3.05) is 26.2 Å². The summed E-state index contributed by atoms with van der Waals surface area (Å²) in [6.45, 7) is 6.08. The van der Waals surface area contributed by atoms with Gasteiger partial charge in [-0.2, -0.15) is 0 Å². The lowest BCUT2D eigenvalue weighted by molar-refractivity contribution is -0.137. The van der Waals surface area contributed by atoms with Gasteiger partial charge < -0.3 is 14.4 Å². The average Bonchev–Trinajstić information content (AvgIpc) is 3.28. The van der Waals surface area contributed by atoms with Crippen molar-refractivity contribution in [1.29, 1.82) is 0 Å². The van der Waals surface area contributed by atoms with Gasteiger partial charge in [-0.3, -0.25) is 9.59 Å². The van der Waals surface area contributed by atoms with E-state index < -0.39 is 0 Å². The van der Waals surface area contributed by atoms with Crippen molar-refractivity contribution < 1.29 is 9.59 Å². The molecule has 0 aromatic carbocycles. The first-order chi connectivity index (χ1) is 12.7. The first-order valence-corrected chi connectivity index (χ1v) is 10.7. The fraction of sp³-hybridized carbons (Fsp3) is 0.600. The molecule has 4 rings (SSSR count). The topological polar surface area (TPSA) is 45.6 Å². The van der Waals surface area contributed by atoms with Gasteiger partial charge in [-0.15, -0.1) is 11.3 Å². The molecule has 5 nitrogen and oxygen atoms in total. The van der Waals surface area contributed by atoms with Crippen molar-refractivity contribution in [3.63, 3.8) is 0 Å². The van der Waals surface area contributed by atoms with E-state index in [1.165, 1.54) is 11.1 Å². The molecule has 2 aromatic rings. The zero-order valence-electron chi connectivity index (χ0n) is 15.4. The smallest absolute Gasteiger partial charge is 0.270 e. The van der Waals surface area contributed by atoms with Crippen LogP contribution in [0.1, 0.15) is 49.5 Å². The minimum Gasteiger partial charge on any atom is -0.342 e. The Bertz CT molecular complexity index is 795. The highest BCUT2D eigenvalue weighted by molar-refractivity contribution is 7.17. The Morgan fingerprint density at radius 3 is 2.50 bits per heavy atom. The van der Waals surface area contributed by atoms with E-state index in [0.717, 1.165) is 56.5 Å². The van der Waals surface area contributed by atoms with Gasteiger partial charge in [0.1, 0.15) is 5.69 Å². The molecule has 0 saturated carbocycles. The minimum atomic E-state index is 0.0959. The highest BCUT2D eigenvalue weighted by Gasteiger charge is 2.32. The molecule has 2 aromatic heterocycles. The molecule has 4 heterocycles. The number of piperidine rings is 2. The molecule has 0 N–H and O–H groups in total. The van der Waals surface area contributed by atoms with E-state index in [9.17, 15) is 9.59 Å². The fourth-order valence-electron chi connectivity index (χ4n) is 4.36. The zero-order valence-corrected chi connectivity index (χ0v) is 16.3. The summed E-state index contributed by atoms with van der Waals surface area (Å²) in [5.74, 6) is 0.520. The molecule has 6 heteroatoms. The molecule has 0 aliphatic carbocycles. The van der Waals surface area contributed by atoms with Crippen LogP contribution in [0.3, 0.4) is 0 Å². The Kier molecular flexibility index (Phi) is 5.02. The maximum Gasteiger partial charge on any atom is 0.270 e. The molecule has 0 atom stereocenters. The van der Waals surface area contributed by atoms with Gasteiger partial charge in [0.2, 0.25) is 5.91 Å². The van der Waals surface area contributed by atoms with Gasteiger partial charge in [0.15, 0.2) is 0 Å². The molecule has 0 bridgehead atoms. The quantitative estimate of drug-likeness (QED) is 0.825. The molecule has 140 valence electrons. The molecule has 2 fully saturated rings. The summed E-state index contributed by atoms with van der Waals surface area (Å²) in [6.07, 6.45) is 5.10. The van der Waals surface area contributed by atoms with Gasteiger partial charge in [-0.1, -0.05) is 0 Å². The molecular weight excluding hydrogens is 346 g/mol. The number of likely N-dealkylation sites (tertiary alicyclic amines) is 2. The highest BCUT2D eigenvalue weighted by atomic mass is 32.1. The maximum atomic E-state index is 13.0. The van der Waals surface area contributed by atoms with Gasteiger partial charge in [0.25, 0.3) is 5.91 Å². The van der Waals surface area contributed by atoms with Crippen LogP contribution in [0, 0.1) is 5.92 Å². The van der Waals surface area contributed by atoms with Crippen molar-refractivity contribution in [2.24, 2.45) is 5.92 Å². The monoisotopic (exact) mass is 373 g/mol. The minimum absolute atomic E-state index is 0.0959. The maximum absolute atomic E-state index is 13.0. The van der Waals surface area contributed by atoms with Crippen molar-refractivity contribution in [1.82, 2.24) is 14.4 Å². The van der Waals surface area contributed by atoms with Crippen molar-refractivity contribution >= 4 is 33.4 Å². The predicted octanol–water partition coefficient (Wildman–Crippen LogP) is 3.59. The second kappa shape index (κ2) is 7.43. The number of aryl methyl sites for hydroxylation is 1. The third-order valence-corrected chi connectivity index (χ3v) is 6.71. The van der Waals surface area contributed by atoms with Crippen LogP contribution in [0.4, 0.5) is 0 Å². The van der Waals surface area contributed by atoms with Crippen molar-refractivity contribution in [2.45, 2.75) is 45.6 Å². The van der Waals surface area contributed by atoms with Crippen LogP contribution in [0.15, 0.2) is 17.5 Å². The number of carbonyl (C=O) groups is 2. The number of hydrogen-bond acceptors (Lipinski definition) is 3. The van der Waals surface area contributed by atoms with Gasteiger partial charge in [0.05, 0.1) is 10.2 Å². The van der Waals surface area contributed by atoms with Crippen molar-refractivity contribution in [3.8, 4) is 0 Å². The predicted molar refractivity (Wildman–Crippen MR) is 105 cm³/mol. The number of rotatable bonds is 3. The Morgan fingerprint density at radius 1 is 1.08 bits per heavy atom. The number of amides is 2. The summed E-state index contributed by atoms with van der Waals surface area (Å²) >= 11 is 1.68. The third kappa shape index (κ3) is 3.15. The van der Waals surface area contributed by atoms with Gasteiger partial charge in [-0.25, -0.2) is 0 Å². The molecule has 0 unspecified atom stereocenters. The molecular formula is C20H27N3O2S.